The summed E-state index contributed by atoms with van der Waals surface area (Å²) in [5.41, 5.74) is 4.32. The summed E-state index contributed by atoms with van der Waals surface area (Å²) in [4.78, 5) is 0. The summed E-state index contributed by atoms with van der Waals surface area (Å²) in [6.07, 6.45) is 13.1. The number of nitrogens with one attached hydrogen (secondary N) is 1. The van der Waals surface area contributed by atoms with Crippen LogP contribution in [0.25, 0.3) is 0 Å². The molecule has 0 aliphatic heterocycles. The van der Waals surface area contributed by atoms with E-state index < -0.39 is 0 Å². The Morgan fingerprint density at radius 1 is 1.22 bits per heavy atom. The van der Waals surface area contributed by atoms with Gasteiger partial charge in [-0.3, -0.25) is 0 Å². The van der Waals surface area contributed by atoms with Crippen molar-refractivity contribution < 1.29 is 0 Å². The van der Waals surface area contributed by atoms with Crippen molar-refractivity contribution in [2.75, 3.05) is 6.54 Å². The smallest absolute Gasteiger partial charge is 0.0144 e. The van der Waals surface area contributed by atoms with Crippen LogP contribution in [-0.2, 0) is 0 Å². The van der Waals surface area contributed by atoms with E-state index in [0.717, 1.165) is 31.5 Å². The van der Waals surface area contributed by atoms with Gasteiger partial charge in [0, 0.05) is 12.2 Å². The molecule has 130 valence electrons. The second-order valence-corrected chi connectivity index (χ2v) is 7.99. The SMILES string of the molecule is C=C(CCC1=CCC(C)(CCCNC(=C)C(C)C)C=C1)C(C)C. The second kappa shape index (κ2) is 9.15. The van der Waals surface area contributed by atoms with Crippen LogP contribution in [0.3, 0.4) is 0 Å². The standard InChI is InChI=1S/C22H37N/c1-17(2)19(5)9-10-21-11-14-22(7,15-12-21)13-8-16-23-20(6)18(3)4/h11-12,14,17-18,23H,5-6,8-10,13,15-16H2,1-4,7H3. The molecule has 0 spiro atoms. The summed E-state index contributed by atoms with van der Waals surface area (Å²) in [6.45, 7) is 20.5. The lowest BCUT2D eigenvalue weighted by atomic mass is 9.77. The van der Waals surface area contributed by atoms with Crippen LogP contribution in [0.5, 0.6) is 0 Å². The Kier molecular flexibility index (Phi) is 7.88. The van der Waals surface area contributed by atoms with Gasteiger partial charge in [-0.25, -0.2) is 0 Å². The Morgan fingerprint density at radius 3 is 2.43 bits per heavy atom. The summed E-state index contributed by atoms with van der Waals surface area (Å²) in [7, 11) is 0. The molecule has 1 atom stereocenters. The van der Waals surface area contributed by atoms with E-state index in [1.54, 1.807) is 0 Å². The van der Waals surface area contributed by atoms with Crippen molar-refractivity contribution in [2.45, 2.75) is 66.7 Å². The molecular formula is C22H37N. The summed E-state index contributed by atoms with van der Waals surface area (Å²) >= 11 is 0. The van der Waals surface area contributed by atoms with Gasteiger partial charge in [-0.15, -0.1) is 0 Å². The Morgan fingerprint density at radius 2 is 1.91 bits per heavy atom. The van der Waals surface area contributed by atoms with Crippen LogP contribution in [-0.4, -0.2) is 6.54 Å². The monoisotopic (exact) mass is 315 g/mol. The summed E-state index contributed by atoms with van der Waals surface area (Å²) in [6, 6.07) is 0. The van der Waals surface area contributed by atoms with Gasteiger partial charge in [0.25, 0.3) is 0 Å². The molecule has 0 saturated heterocycles. The first-order valence-corrected chi connectivity index (χ1v) is 9.22. The maximum atomic E-state index is 4.18. The Labute approximate surface area is 144 Å². The van der Waals surface area contributed by atoms with E-state index in [0.29, 0.717) is 17.3 Å². The molecule has 1 unspecified atom stereocenters. The number of allylic oxidation sites excluding steroid dienone is 6. The first kappa shape index (κ1) is 19.8. The fourth-order valence-electron chi connectivity index (χ4n) is 2.72. The Hall–Kier alpha value is -1.24. The van der Waals surface area contributed by atoms with Crippen LogP contribution < -0.4 is 5.32 Å². The predicted octanol–water partition coefficient (Wildman–Crippen LogP) is 6.41. The molecule has 0 amide bonds. The lowest BCUT2D eigenvalue weighted by Crippen LogP contribution is -2.21. The molecule has 1 aliphatic rings. The van der Waals surface area contributed by atoms with Gasteiger partial charge in [0.2, 0.25) is 0 Å². The van der Waals surface area contributed by atoms with Crippen molar-refractivity contribution >= 4 is 0 Å². The highest BCUT2D eigenvalue weighted by Crippen LogP contribution is 2.35. The average Bonchev–Trinajstić information content (AvgIpc) is 2.50. The number of rotatable bonds is 10. The van der Waals surface area contributed by atoms with Gasteiger partial charge in [0.15, 0.2) is 0 Å². The summed E-state index contributed by atoms with van der Waals surface area (Å²) in [5.74, 6) is 1.12. The average molecular weight is 316 g/mol. The molecule has 23 heavy (non-hydrogen) atoms. The van der Waals surface area contributed by atoms with Crippen molar-refractivity contribution in [1.82, 2.24) is 5.32 Å². The van der Waals surface area contributed by atoms with Crippen LogP contribution in [0.4, 0.5) is 0 Å². The van der Waals surface area contributed by atoms with E-state index in [2.05, 4.69) is 71.3 Å². The van der Waals surface area contributed by atoms with Crippen molar-refractivity contribution in [3.63, 3.8) is 0 Å². The minimum absolute atomic E-state index is 0.319. The van der Waals surface area contributed by atoms with E-state index >= 15 is 0 Å². The summed E-state index contributed by atoms with van der Waals surface area (Å²) < 4.78 is 0. The highest BCUT2D eigenvalue weighted by molar-refractivity contribution is 5.27. The molecule has 1 nitrogen and oxygen atoms in total. The molecule has 0 fully saturated rings. The zero-order valence-electron chi connectivity index (χ0n) is 16.0. The molecule has 0 bridgehead atoms. The van der Waals surface area contributed by atoms with Gasteiger partial charge in [0.1, 0.15) is 0 Å². The number of hydrogen-bond acceptors (Lipinski definition) is 1. The highest BCUT2D eigenvalue weighted by atomic mass is 14.9. The lowest BCUT2D eigenvalue weighted by Gasteiger charge is -2.28. The molecule has 0 radical (unpaired) electrons. The van der Waals surface area contributed by atoms with Gasteiger partial charge in [-0.1, -0.05) is 77.2 Å². The molecular weight excluding hydrogens is 278 g/mol. The van der Waals surface area contributed by atoms with Crippen molar-refractivity contribution in [2.24, 2.45) is 17.3 Å². The van der Waals surface area contributed by atoms with Gasteiger partial charge in [0.05, 0.1) is 0 Å². The van der Waals surface area contributed by atoms with E-state index in [1.165, 1.54) is 24.0 Å². The van der Waals surface area contributed by atoms with Crippen LogP contribution in [0, 0.1) is 17.3 Å². The fourth-order valence-corrected chi connectivity index (χ4v) is 2.72. The van der Waals surface area contributed by atoms with Gasteiger partial charge < -0.3 is 5.32 Å². The van der Waals surface area contributed by atoms with Crippen LogP contribution in [0.1, 0.15) is 66.7 Å². The topological polar surface area (TPSA) is 12.0 Å². The van der Waals surface area contributed by atoms with Crippen molar-refractivity contribution in [1.29, 1.82) is 0 Å². The molecule has 1 rings (SSSR count). The minimum Gasteiger partial charge on any atom is -0.389 e. The maximum Gasteiger partial charge on any atom is 0.0144 e. The van der Waals surface area contributed by atoms with Gasteiger partial charge in [-0.05, 0) is 49.4 Å². The zero-order chi connectivity index (χ0) is 17.5. The third kappa shape index (κ3) is 7.24. The van der Waals surface area contributed by atoms with E-state index in [9.17, 15) is 0 Å². The summed E-state index contributed by atoms with van der Waals surface area (Å²) in [5, 5.41) is 3.45. The van der Waals surface area contributed by atoms with E-state index in [-0.39, 0.29) is 0 Å². The first-order chi connectivity index (χ1) is 10.7. The number of hydrogen-bond donors (Lipinski definition) is 1. The van der Waals surface area contributed by atoms with Crippen LogP contribution in [0.2, 0.25) is 0 Å². The van der Waals surface area contributed by atoms with E-state index in [1.807, 2.05) is 0 Å². The molecule has 0 aromatic rings. The minimum atomic E-state index is 0.319. The van der Waals surface area contributed by atoms with Crippen LogP contribution >= 0.6 is 0 Å². The Balaban J connectivity index is 2.31. The van der Waals surface area contributed by atoms with E-state index in [4.69, 9.17) is 0 Å². The van der Waals surface area contributed by atoms with Crippen molar-refractivity contribution in [3.05, 3.63) is 48.2 Å². The highest BCUT2D eigenvalue weighted by Gasteiger charge is 2.22. The van der Waals surface area contributed by atoms with Gasteiger partial charge >= 0.3 is 0 Å². The largest absolute Gasteiger partial charge is 0.389 e. The quantitative estimate of drug-likeness (QED) is 0.363. The molecule has 1 N–H and O–H groups in total. The molecule has 0 aromatic heterocycles. The van der Waals surface area contributed by atoms with Crippen molar-refractivity contribution in [3.8, 4) is 0 Å². The normalized spacial score (nSPS) is 20.7. The maximum absolute atomic E-state index is 4.18. The third-order valence-electron chi connectivity index (χ3n) is 5.06. The third-order valence-corrected chi connectivity index (χ3v) is 5.06. The molecule has 1 aliphatic carbocycles. The first-order valence-electron chi connectivity index (χ1n) is 9.22. The lowest BCUT2D eigenvalue weighted by molar-refractivity contribution is 0.375. The zero-order valence-corrected chi connectivity index (χ0v) is 16.0. The molecule has 0 heterocycles. The second-order valence-electron chi connectivity index (χ2n) is 7.99. The predicted molar refractivity (Wildman–Crippen MR) is 104 cm³/mol. The van der Waals surface area contributed by atoms with Gasteiger partial charge in [-0.2, -0.15) is 0 Å². The Bertz CT molecular complexity index is 464. The molecule has 1 heteroatoms. The fraction of sp³-hybridized carbons (Fsp3) is 0.636. The molecule has 0 saturated carbocycles. The van der Waals surface area contributed by atoms with Crippen LogP contribution in [0.15, 0.2) is 48.2 Å². The molecule has 0 aromatic carbocycles.